The van der Waals surface area contributed by atoms with Gasteiger partial charge in [-0.15, -0.1) is 0 Å². The van der Waals surface area contributed by atoms with Crippen molar-refractivity contribution in [1.29, 1.82) is 0 Å². The molecule has 5 nitrogen and oxygen atoms in total. The Labute approximate surface area is 62.5 Å². The van der Waals surface area contributed by atoms with Gasteiger partial charge >= 0.3 is 5.95 Å². The van der Waals surface area contributed by atoms with Crippen molar-refractivity contribution in [2.24, 2.45) is 0 Å². The highest BCUT2D eigenvalue weighted by Crippen LogP contribution is 2.38. The summed E-state index contributed by atoms with van der Waals surface area (Å²) < 4.78 is 9.57. The first-order chi connectivity index (χ1) is 5.24. The second kappa shape index (κ2) is 2.10. The van der Waals surface area contributed by atoms with E-state index in [0.717, 1.165) is 0 Å². The highest BCUT2D eigenvalue weighted by atomic mass is 16.8. The second-order valence-electron chi connectivity index (χ2n) is 2.53. The Morgan fingerprint density at radius 1 is 1.36 bits per heavy atom. The molecule has 0 amide bonds. The third-order valence-electron chi connectivity index (χ3n) is 1.77. The molecule has 0 spiro atoms. The van der Waals surface area contributed by atoms with Crippen LogP contribution in [-0.2, 0) is 9.47 Å². The van der Waals surface area contributed by atoms with Crippen LogP contribution < -0.4 is 0 Å². The minimum atomic E-state index is -1.10. The molecule has 0 bridgehead atoms. The maximum absolute atomic E-state index is 9.19. The Morgan fingerprint density at radius 2 is 2.09 bits per heavy atom. The highest BCUT2D eigenvalue weighted by molar-refractivity contribution is 5.21. The van der Waals surface area contributed by atoms with Crippen molar-refractivity contribution in [2.45, 2.75) is 18.3 Å². The molecule has 3 N–H and O–H groups in total. The van der Waals surface area contributed by atoms with Crippen molar-refractivity contribution in [3.05, 3.63) is 11.7 Å². The van der Waals surface area contributed by atoms with Gasteiger partial charge in [-0.2, -0.15) is 0 Å². The van der Waals surface area contributed by atoms with E-state index in [9.17, 15) is 5.11 Å². The molecule has 0 aliphatic carbocycles. The van der Waals surface area contributed by atoms with Gasteiger partial charge in [0.05, 0.1) is 6.61 Å². The quantitative estimate of drug-likeness (QED) is 0.426. The van der Waals surface area contributed by atoms with Crippen LogP contribution in [0, 0.1) is 0 Å². The van der Waals surface area contributed by atoms with Gasteiger partial charge in [-0.05, 0) is 0 Å². The number of hydrogen-bond acceptors (Lipinski definition) is 5. The summed E-state index contributed by atoms with van der Waals surface area (Å²) in [5.74, 6) is 0.518. The van der Waals surface area contributed by atoms with E-state index in [1.807, 2.05) is 0 Å². The van der Waals surface area contributed by atoms with Crippen molar-refractivity contribution in [1.82, 2.24) is 0 Å². The zero-order chi connectivity index (χ0) is 8.01. The van der Waals surface area contributed by atoms with E-state index in [2.05, 4.69) is 4.74 Å². The summed E-state index contributed by atoms with van der Waals surface area (Å²) in [4.78, 5) is 0. The molecule has 11 heavy (non-hydrogen) atoms. The Hall–Kier alpha value is -0.780. The van der Waals surface area contributed by atoms with E-state index >= 15 is 0 Å². The van der Waals surface area contributed by atoms with Crippen LogP contribution in [-0.4, -0.2) is 40.2 Å². The smallest absolute Gasteiger partial charge is 0.328 e. The number of ether oxygens (including phenoxy) is 2. The molecule has 0 aromatic rings. The third kappa shape index (κ3) is 0.891. The highest BCUT2D eigenvalue weighted by Gasteiger charge is 2.48. The van der Waals surface area contributed by atoms with Gasteiger partial charge in [-0.1, -0.05) is 0 Å². The largest absolute Gasteiger partial charge is 0.454 e. The molecular formula is C6H8O5. The SMILES string of the molecule is OC[C@H]1OC2=C(O2)[C@@H](O)[C@@H]1O. The fourth-order valence-corrected chi connectivity index (χ4v) is 1.05. The molecule has 3 atom stereocenters. The van der Waals surface area contributed by atoms with Gasteiger partial charge in [-0.3, -0.25) is 0 Å². The fraction of sp³-hybridized carbons (Fsp3) is 0.667. The average Bonchev–Trinajstić information content (AvgIpc) is 2.75. The Morgan fingerprint density at radius 3 is 2.73 bits per heavy atom. The van der Waals surface area contributed by atoms with Gasteiger partial charge in [-0.25, -0.2) is 0 Å². The fourth-order valence-electron chi connectivity index (χ4n) is 1.05. The molecule has 62 valence electrons. The van der Waals surface area contributed by atoms with Crippen LogP contribution in [0.5, 0.6) is 0 Å². The van der Waals surface area contributed by atoms with Gasteiger partial charge in [0, 0.05) is 0 Å². The standard InChI is InChI=1S/C6H8O5/c7-1-2-3(8)4(9)5-6(10-2)11-5/h2-4,7-9H,1H2/t2-,3-,4+/m1/s1. The van der Waals surface area contributed by atoms with E-state index in [1.54, 1.807) is 0 Å². The maximum Gasteiger partial charge on any atom is 0.328 e. The predicted octanol–water partition coefficient (Wildman–Crippen LogP) is -1.70. The van der Waals surface area contributed by atoms with Crippen molar-refractivity contribution >= 4 is 0 Å². The van der Waals surface area contributed by atoms with Crippen LogP contribution in [0.25, 0.3) is 0 Å². The van der Waals surface area contributed by atoms with Crippen LogP contribution >= 0.6 is 0 Å². The summed E-state index contributed by atoms with van der Waals surface area (Å²) in [6.45, 7) is -0.335. The minimum absolute atomic E-state index is 0.238. The second-order valence-corrected chi connectivity index (χ2v) is 2.53. The van der Waals surface area contributed by atoms with Crippen LogP contribution in [0.4, 0.5) is 0 Å². The zero-order valence-corrected chi connectivity index (χ0v) is 5.60. The minimum Gasteiger partial charge on any atom is -0.454 e. The lowest BCUT2D eigenvalue weighted by atomic mass is 10.1. The molecule has 0 saturated heterocycles. The number of aliphatic hydroxyl groups excluding tert-OH is 3. The number of rotatable bonds is 1. The van der Waals surface area contributed by atoms with Gasteiger partial charge in [0.1, 0.15) is 12.2 Å². The molecule has 2 aliphatic rings. The predicted molar refractivity (Wildman–Crippen MR) is 32.1 cm³/mol. The Bertz CT molecular complexity index is 211. The molecule has 0 unspecified atom stereocenters. The van der Waals surface area contributed by atoms with Gasteiger partial charge in [0.25, 0.3) is 0 Å². The van der Waals surface area contributed by atoms with Crippen molar-refractivity contribution < 1.29 is 24.8 Å². The van der Waals surface area contributed by atoms with Crippen molar-refractivity contribution in [2.75, 3.05) is 6.61 Å². The zero-order valence-electron chi connectivity index (χ0n) is 5.60. The van der Waals surface area contributed by atoms with Gasteiger partial charge < -0.3 is 24.8 Å². The van der Waals surface area contributed by atoms with E-state index in [4.69, 9.17) is 14.9 Å². The maximum atomic E-state index is 9.19. The van der Waals surface area contributed by atoms with E-state index in [1.165, 1.54) is 0 Å². The van der Waals surface area contributed by atoms with Crippen LogP contribution in [0.15, 0.2) is 11.7 Å². The molecule has 2 aliphatic heterocycles. The lowest BCUT2D eigenvalue weighted by molar-refractivity contribution is -0.0830. The first-order valence-electron chi connectivity index (χ1n) is 3.29. The first-order valence-corrected chi connectivity index (χ1v) is 3.29. The van der Waals surface area contributed by atoms with E-state index < -0.39 is 18.3 Å². The summed E-state index contributed by atoms with van der Waals surface area (Å²) in [5, 5.41) is 27.0. The number of aliphatic hydroxyl groups is 3. The lowest BCUT2D eigenvalue weighted by Crippen LogP contribution is -2.42. The van der Waals surface area contributed by atoms with E-state index in [0.29, 0.717) is 0 Å². The van der Waals surface area contributed by atoms with Crippen LogP contribution in [0.1, 0.15) is 0 Å². The molecule has 5 heteroatoms. The van der Waals surface area contributed by atoms with Gasteiger partial charge in [0.2, 0.25) is 5.76 Å². The molecule has 2 rings (SSSR count). The molecular weight excluding hydrogens is 152 g/mol. The van der Waals surface area contributed by atoms with E-state index in [-0.39, 0.29) is 18.3 Å². The molecule has 0 radical (unpaired) electrons. The Balaban J connectivity index is 2.14. The molecule has 0 saturated carbocycles. The topological polar surface area (TPSA) is 82.5 Å². The monoisotopic (exact) mass is 160 g/mol. The first kappa shape index (κ1) is 6.90. The Kier molecular flexibility index (Phi) is 1.32. The van der Waals surface area contributed by atoms with Crippen molar-refractivity contribution in [3.8, 4) is 0 Å². The average molecular weight is 160 g/mol. The lowest BCUT2D eigenvalue weighted by Gasteiger charge is -2.22. The summed E-state index contributed by atoms with van der Waals surface area (Å²) in [6, 6.07) is 0. The third-order valence-corrected chi connectivity index (χ3v) is 1.77. The summed E-state index contributed by atoms with van der Waals surface area (Å²) in [6.07, 6.45) is -2.91. The van der Waals surface area contributed by atoms with Crippen molar-refractivity contribution in [3.63, 3.8) is 0 Å². The normalized spacial score (nSPS) is 40.8. The molecule has 0 aromatic heterocycles. The number of hydrogen-bond donors (Lipinski definition) is 3. The molecule has 0 aromatic carbocycles. The van der Waals surface area contributed by atoms with Crippen LogP contribution in [0.2, 0.25) is 0 Å². The van der Waals surface area contributed by atoms with Gasteiger partial charge in [0.15, 0.2) is 6.10 Å². The molecule has 2 heterocycles. The summed E-state index contributed by atoms with van der Waals surface area (Å²) in [7, 11) is 0. The summed E-state index contributed by atoms with van der Waals surface area (Å²) >= 11 is 0. The summed E-state index contributed by atoms with van der Waals surface area (Å²) in [5.41, 5.74) is 0. The molecule has 0 fully saturated rings. The van der Waals surface area contributed by atoms with Crippen LogP contribution in [0.3, 0.4) is 0 Å².